The Labute approximate surface area is 158 Å². The molecule has 1 aromatic carbocycles. The molecular weight excluding hydrogens is 379 g/mol. The Morgan fingerprint density at radius 2 is 1.85 bits per heavy atom. The van der Waals surface area contributed by atoms with Gasteiger partial charge in [0.05, 0.1) is 17.8 Å². The second-order valence-corrected chi connectivity index (χ2v) is 6.69. The largest absolute Gasteiger partial charge is 0.407 e. The molecule has 140 valence electrons. The van der Waals surface area contributed by atoms with Crippen LogP contribution < -0.4 is 5.56 Å². The molecule has 0 atom stereocenters. The van der Waals surface area contributed by atoms with Crippen molar-refractivity contribution >= 4 is 23.0 Å². The summed E-state index contributed by atoms with van der Waals surface area (Å²) in [6, 6.07) is 6.98. The standard InChI is InChI=1S/C19H15ClF3N3O/c1-24-17-15(19(21,22)23)11-16(12-6-5-7-13(20)10-12)26(18(17)27)25-14-8-3-2-4-9-14/h5-7,10-11H,2-4,8-9H2. The Balaban J connectivity index is 2.33. The van der Waals surface area contributed by atoms with E-state index in [1.54, 1.807) is 18.2 Å². The summed E-state index contributed by atoms with van der Waals surface area (Å²) >= 11 is 5.97. The van der Waals surface area contributed by atoms with Crippen LogP contribution in [-0.2, 0) is 6.18 Å². The third kappa shape index (κ3) is 4.06. The minimum Gasteiger partial charge on any atom is -0.281 e. The van der Waals surface area contributed by atoms with Crippen LogP contribution in [0.5, 0.6) is 0 Å². The van der Waals surface area contributed by atoms with E-state index in [1.165, 1.54) is 6.07 Å². The zero-order valence-electron chi connectivity index (χ0n) is 14.2. The van der Waals surface area contributed by atoms with Crippen LogP contribution in [0.25, 0.3) is 16.1 Å². The normalized spacial score (nSPS) is 14.7. The van der Waals surface area contributed by atoms with E-state index >= 15 is 0 Å². The lowest BCUT2D eigenvalue weighted by Gasteiger charge is -2.17. The molecule has 1 aliphatic rings. The molecule has 0 aliphatic heterocycles. The van der Waals surface area contributed by atoms with E-state index in [0.29, 0.717) is 23.4 Å². The number of rotatable bonds is 2. The number of nitrogens with zero attached hydrogens (tertiary/aromatic N) is 3. The van der Waals surface area contributed by atoms with E-state index in [4.69, 9.17) is 18.2 Å². The molecule has 1 fully saturated rings. The van der Waals surface area contributed by atoms with E-state index in [-0.39, 0.29) is 5.69 Å². The van der Waals surface area contributed by atoms with Crippen LogP contribution in [0.2, 0.25) is 5.02 Å². The van der Waals surface area contributed by atoms with Gasteiger partial charge in [-0.1, -0.05) is 30.2 Å². The fourth-order valence-electron chi connectivity index (χ4n) is 3.07. The van der Waals surface area contributed by atoms with Crippen molar-refractivity contribution in [3.63, 3.8) is 0 Å². The molecule has 0 amide bonds. The summed E-state index contributed by atoms with van der Waals surface area (Å²) < 4.78 is 41.2. The Morgan fingerprint density at radius 1 is 1.15 bits per heavy atom. The maximum atomic E-state index is 13.4. The highest BCUT2D eigenvalue weighted by Gasteiger charge is 2.36. The highest BCUT2D eigenvalue weighted by Crippen LogP contribution is 2.37. The molecule has 8 heteroatoms. The molecule has 0 radical (unpaired) electrons. The van der Waals surface area contributed by atoms with Crippen LogP contribution in [0.4, 0.5) is 18.9 Å². The molecule has 1 aliphatic carbocycles. The molecule has 1 saturated carbocycles. The zero-order chi connectivity index (χ0) is 19.6. The number of aromatic nitrogens is 1. The predicted octanol–water partition coefficient (Wildman–Crippen LogP) is 5.91. The lowest BCUT2D eigenvalue weighted by molar-refractivity contribution is -0.136. The summed E-state index contributed by atoms with van der Waals surface area (Å²) in [7, 11) is 0. The van der Waals surface area contributed by atoms with Crippen LogP contribution in [0.1, 0.15) is 37.7 Å². The Hall–Kier alpha value is -2.59. The van der Waals surface area contributed by atoms with Gasteiger partial charge in [0.15, 0.2) is 0 Å². The van der Waals surface area contributed by atoms with Crippen LogP contribution in [0.15, 0.2) is 40.2 Å². The third-order valence-corrected chi connectivity index (χ3v) is 4.60. The first kappa shape index (κ1) is 19.2. The van der Waals surface area contributed by atoms with Crippen molar-refractivity contribution in [2.75, 3.05) is 0 Å². The summed E-state index contributed by atoms with van der Waals surface area (Å²) in [4.78, 5) is 15.6. The molecule has 1 aromatic heterocycles. The monoisotopic (exact) mass is 393 g/mol. The Morgan fingerprint density at radius 3 is 2.44 bits per heavy atom. The summed E-state index contributed by atoms with van der Waals surface area (Å²) in [5, 5.41) is 4.64. The van der Waals surface area contributed by atoms with Gasteiger partial charge in [-0.15, -0.1) is 0 Å². The van der Waals surface area contributed by atoms with E-state index < -0.39 is 23.0 Å². The van der Waals surface area contributed by atoms with Crippen molar-refractivity contribution in [2.45, 2.75) is 38.3 Å². The highest BCUT2D eigenvalue weighted by molar-refractivity contribution is 6.30. The first-order chi connectivity index (χ1) is 12.8. The molecule has 4 nitrogen and oxygen atoms in total. The summed E-state index contributed by atoms with van der Waals surface area (Å²) in [5.74, 6) is 0. The van der Waals surface area contributed by atoms with Crippen molar-refractivity contribution in [1.82, 2.24) is 4.68 Å². The van der Waals surface area contributed by atoms with Gasteiger partial charge in [0.2, 0.25) is 0 Å². The van der Waals surface area contributed by atoms with Gasteiger partial charge in [0.1, 0.15) is 0 Å². The molecule has 0 N–H and O–H groups in total. The van der Waals surface area contributed by atoms with E-state index in [9.17, 15) is 18.0 Å². The maximum absolute atomic E-state index is 13.4. The summed E-state index contributed by atoms with van der Waals surface area (Å²) in [6.07, 6.45) is -0.600. The van der Waals surface area contributed by atoms with Crippen LogP contribution in [0.3, 0.4) is 0 Å². The topological polar surface area (TPSA) is 38.7 Å². The first-order valence-electron chi connectivity index (χ1n) is 8.38. The van der Waals surface area contributed by atoms with E-state index in [1.807, 2.05) is 0 Å². The molecule has 2 aromatic rings. The van der Waals surface area contributed by atoms with Crippen LogP contribution in [0, 0.1) is 6.57 Å². The van der Waals surface area contributed by atoms with Gasteiger partial charge in [-0.2, -0.15) is 18.3 Å². The average molecular weight is 394 g/mol. The SMILES string of the molecule is [C-]#[N+]c1c(C(F)(F)F)cc(-c2cccc(Cl)c2)n(N=C2CCCCC2)c1=O. The summed E-state index contributed by atoms with van der Waals surface area (Å²) in [6.45, 7) is 7.07. The number of hydrogen-bond acceptors (Lipinski definition) is 2. The predicted molar refractivity (Wildman–Crippen MR) is 98.3 cm³/mol. The average Bonchev–Trinajstić information content (AvgIpc) is 2.63. The van der Waals surface area contributed by atoms with Gasteiger partial charge < -0.3 is 0 Å². The highest BCUT2D eigenvalue weighted by atomic mass is 35.5. The fourth-order valence-corrected chi connectivity index (χ4v) is 3.26. The van der Waals surface area contributed by atoms with Crippen molar-refractivity contribution < 1.29 is 13.2 Å². The number of benzene rings is 1. The number of halogens is 4. The molecule has 0 bridgehead atoms. The second kappa shape index (κ2) is 7.57. The van der Waals surface area contributed by atoms with Gasteiger partial charge >= 0.3 is 6.18 Å². The molecule has 1 heterocycles. The second-order valence-electron chi connectivity index (χ2n) is 6.26. The Kier molecular flexibility index (Phi) is 5.38. The molecule has 0 saturated heterocycles. The smallest absolute Gasteiger partial charge is 0.281 e. The van der Waals surface area contributed by atoms with Crippen LogP contribution >= 0.6 is 11.6 Å². The van der Waals surface area contributed by atoms with Gasteiger partial charge in [-0.3, -0.25) is 4.79 Å². The van der Waals surface area contributed by atoms with Gasteiger partial charge in [-0.25, -0.2) is 9.52 Å². The van der Waals surface area contributed by atoms with Gasteiger partial charge in [0.25, 0.3) is 11.2 Å². The van der Waals surface area contributed by atoms with Crippen molar-refractivity contribution in [3.8, 4) is 11.3 Å². The lowest BCUT2D eigenvalue weighted by Crippen LogP contribution is -2.23. The maximum Gasteiger partial charge on any atom is 0.407 e. The van der Waals surface area contributed by atoms with Gasteiger partial charge in [-0.05, 0) is 43.9 Å². The van der Waals surface area contributed by atoms with Crippen molar-refractivity contribution in [3.05, 3.63) is 62.7 Å². The molecular formula is C19H15ClF3N3O. The number of pyridine rings is 1. The van der Waals surface area contributed by atoms with E-state index in [2.05, 4.69) is 9.95 Å². The molecule has 27 heavy (non-hydrogen) atoms. The van der Waals surface area contributed by atoms with E-state index in [0.717, 1.165) is 35.7 Å². The van der Waals surface area contributed by atoms with Crippen LogP contribution in [-0.4, -0.2) is 10.4 Å². The number of alkyl halides is 3. The molecule has 0 unspecified atom stereocenters. The lowest BCUT2D eigenvalue weighted by atomic mass is 9.99. The minimum absolute atomic E-state index is 0.0414. The Bertz CT molecular complexity index is 995. The van der Waals surface area contributed by atoms with Crippen molar-refractivity contribution in [1.29, 1.82) is 0 Å². The third-order valence-electron chi connectivity index (χ3n) is 4.37. The minimum atomic E-state index is -4.83. The molecule has 3 rings (SSSR count). The molecule has 0 spiro atoms. The quantitative estimate of drug-likeness (QED) is 0.585. The van der Waals surface area contributed by atoms with Gasteiger partial charge in [0, 0.05) is 16.3 Å². The van der Waals surface area contributed by atoms with Crippen molar-refractivity contribution in [2.24, 2.45) is 5.10 Å². The first-order valence-corrected chi connectivity index (χ1v) is 8.76. The fraction of sp³-hybridized carbons (Fsp3) is 0.316. The number of hydrogen-bond donors (Lipinski definition) is 0. The summed E-state index contributed by atoms with van der Waals surface area (Å²) in [5.41, 5.74) is -2.30. The zero-order valence-corrected chi connectivity index (χ0v) is 14.9.